The molecular formula is C28H27N9O. The van der Waals surface area contributed by atoms with Crippen molar-refractivity contribution in [2.75, 3.05) is 16.8 Å². The lowest BCUT2D eigenvalue weighted by molar-refractivity contribution is 0.0946. The van der Waals surface area contributed by atoms with Crippen molar-refractivity contribution in [3.63, 3.8) is 0 Å². The van der Waals surface area contributed by atoms with Gasteiger partial charge in [-0.3, -0.25) is 14.9 Å². The minimum absolute atomic E-state index is 0.0975. The second kappa shape index (κ2) is 9.29. The number of hydrogen-bond acceptors (Lipinski definition) is 7. The number of amides is 1. The third kappa shape index (κ3) is 4.23. The molecular weight excluding hydrogens is 478 g/mol. The van der Waals surface area contributed by atoms with Gasteiger partial charge in [-0.2, -0.15) is 10.1 Å². The number of carbonyl (C=O) groups excluding carboxylic acids is 1. The SMILES string of the molecule is O=C(NC1CC1)c1cc(Nc2nc(N3CCCC3c3ccccn3)nn3c(-c4ccccc4)ccc23)n[nH]1. The predicted molar refractivity (Wildman–Crippen MR) is 144 cm³/mol. The molecule has 1 unspecified atom stereocenters. The maximum atomic E-state index is 12.5. The number of anilines is 3. The molecule has 5 heterocycles. The largest absolute Gasteiger partial charge is 0.348 e. The van der Waals surface area contributed by atoms with Crippen LogP contribution in [0.4, 0.5) is 17.6 Å². The van der Waals surface area contributed by atoms with E-state index < -0.39 is 0 Å². The molecule has 1 aliphatic heterocycles. The average molecular weight is 506 g/mol. The maximum Gasteiger partial charge on any atom is 0.269 e. The molecule has 1 saturated carbocycles. The Kier molecular flexibility index (Phi) is 5.49. The van der Waals surface area contributed by atoms with Crippen LogP contribution in [0.25, 0.3) is 16.8 Å². The van der Waals surface area contributed by atoms with Gasteiger partial charge in [0, 0.05) is 30.4 Å². The number of nitrogens with zero attached hydrogens (tertiary/aromatic N) is 6. The van der Waals surface area contributed by atoms with Crippen LogP contribution in [0.3, 0.4) is 0 Å². The number of H-pyrrole nitrogens is 1. The number of nitrogens with one attached hydrogen (secondary N) is 3. The van der Waals surface area contributed by atoms with Crippen molar-refractivity contribution >= 4 is 29.0 Å². The van der Waals surface area contributed by atoms with Gasteiger partial charge >= 0.3 is 0 Å². The Labute approximate surface area is 219 Å². The maximum absolute atomic E-state index is 12.5. The molecule has 0 bridgehead atoms. The summed E-state index contributed by atoms with van der Waals surface area (Å²) in [6, 6.07) is 22.3. The lowest BCUT2D eigenvalue weighted by Crippen LogP contribution is -2.26. The van der Waals surface area contributed by atoms with Gasteiger partial charge in [-0.05, 0) is 49.9 Å². The van der Waals surface area contributed by atoms with E-state index in [1.54, 1.807) is 6.07 Å². The van der Waals surface area contributed by atoms with E-state index in [1.807, 2.05) is 53.2 Å². The highest BCUT2D eigenvalue weighted by molar-refractivity contribution is 5.93. The van der Waals surface area contributed by atoms with Crippen LogP contribution >= 0.6 is 0 Å². The molecule has 38 heavy (non-hydrogen) atoms. The van der Waals surface area contributed by atoms with E-state index in [0.29, 0.717) is 23.3 Å². The first-order chi connectivity index (χ1) is 18.7. The highest BCUT2D eigenvalue weighted by Crippen LogP contribution is 2.35. The summed E-state index contributed by atoms with van der Waals surface area (Å²) < 4.78 is 1.93. The van der Waals surface area contributed by atoms with Gasteiger partial charge in [0.2, 0.25) is 5.95 Å². The Balaban J connectivity index is 1.29. The molecule has 2 fully saturated rings. The molecule has 1 aliphatic carbocycles. The number of aromatic nitrogens is 6. The molecule has 5 aromatic rings. The molecule has 1 amide bonds. The van der Waals surface area contributed by atoms with Gasteiger partial charge in [0.1, 0.15) is 11.2 Å². The molecule has 4 aromatic heterocycles. The molecule has 2 aliphatic rings. The van der Waals surface area contributed by atoms with Crippen molar-refractivity contribution < 1.29 is 4.79 Å². The topological polar surface area (TPSA) is 116 Å². The summed E-state index contributed by atoms with van der Waals surface area (Å²) in [4.78, 5) is 24.3. The van der Waals surface area contributed by atoms with E-state index in [1.165, 1.54) is 0 Å². The Bertz CT molecular complexity index is 1590. The van der Waals surface area contributed by atoms with E-state index in [9.17, 15) is 4.79 Å². The van der Waals surface area contributed by atoms with Crippen molar-refractivity contribution in [1.29, 1.82) is 0 Å². The minimum Gasteiger partial charge on any atom is -0.348 e. The molecule has 0 spiro atoms. The van der Waals surface area contributed by atoms with Crippen molar-refractivity contribution in [2.24, 2.45) is 0 Å². The zero-order valence-corrected chi connectivity index (χ0v) is 20.7. The molecule has 10 heteroatoms. The first-order valence-electron chi connectivity index (χ1n) is 13.0. The van der Waals surface area contributed by atoms with Gasteiger partial charge in [0.25, 0.3) is 5.91 Å². The van der Waals surface area contributed by atoms with Gasteiger partial charge in [-0.1, -0.05) is 36.4 Å². The van der Waals surface area contributed by atoms with Gasteiger partial charge in [0.05, 0.1) is 17.4 Å². The first kappa shape index (κ1) is 22.5. The second-order valence-electron chi connectivity index (χ2n) is 9.79. The fourth-order valence-electron chi connectivity index (χ4n) is 5.03. The standard InChI is InChI=1S/C28H27N9O/c38-27(30-19-11-12-19)21-17-25(34-33-21)31-26-24-14-13-22(18-7-2-1-3-8-18)37(24)35-28(32-26)36-16-6-10-23(36)20-9-4-5-15-29-20/h1-5,7-9,13-15,17,19,23H,6,10-12,16H2,(H,30,38)(H2,31,32,33,34,35). The van der Waals surface area contributed by atoms with Crippen LogP contribution in [-0.2, 0) is 0 Å². The van der Waals surface area contributed by atoms with Gasteiger partial charge in [-0.25, -0.2) is 4.52 Å². The summed E-state index contributed by atoms with van der Waals surface area (Å²) in [6.07, 6.45) is 5.90. The van der Waals surface area contributed by atoms with E-state index in [0.717, 1.165) is 54.7 Å². The zero-order chi connectivity index (χ0) is 25.5. The summed E-state index contributed by atoms with van der Waals surface area (Å²) in [7, 11) is 0. The highest BCUT2D eigenvalue weighted by atomic mass is 16.2. The Morgan fingerprint density at radius 3 is 2.68 bits per heavy atom. The van der Waals surface area contributed by atoms with Gasteiger partial charge in [0.15, 0.2) is 11.6 Å². The lowest BCUT2D eigenvalue weighted by Gasteiger charge is -2.25. The predicted octanol–water partition coefficient (Wildman–Crippen LogP) is 4.49. The monoisotopic (exact) mass is 505 g/mol. The van der Waals surface area contributed by atoms with Crippen molar-refractivity contribution in [1.82, 2.24) is 35.1 Å². The fraction of sp³-hybridized carbons (Fsp3) is 0.250. The summed E-state index contributed by atoms with van der Waals surface area (Å²) >= 11 is 0. The van der Waals surface area contributed by atoms with Crippen LogP contribution < -0.4 is 15.5 Å². The summed E-state index contributed by atoms with van der Waals surface area (Å²) in [5, 5.41) is 18.5. The van der Waals surface area contributed by atoms with E-state index in [-0.39, 0.29) is 18.0 Å². The summed E-state index contributed by atoms with van der Waals surface area (Å²) in [5.41, 5.74) is 4.27. The normalized spacial score (nSPS) is 17.2. The molecule has 10 nitrogen and oxygen atoms in total. The second-order valence-corrected chi connectivity index (χ2v) is 9.79. The van der Waals surface area contributed by atoms with E-state index in [2.05, 4.69) is 48.9 Å². The number of fused-ring (bicyclic) bond motifs is 1. The molecule has 1 atom stereocenters. The number of pyridine rings is 1. The van der Waals surface area contributed by atoms with Crippen LogP contribution in [0, 0.1) is 0 Å². The van der Waals surface area contributed by atoms with Crippen LogP contribution in [0.15, 0.2) is 72.9 Å². The van der Waals surface area contributed by atoms with Crippen molar-refractivity contribution in [3.8, 4) is 11.3 Å². The van der Waals surface area contributed by atoms with Crippen molar-refractivity contribution in [3.05, 3.63) is 84.3 Å². The van der Waals surface area contributed by atoms with Crippen LogP contribution in [0.5, 0.6) is 0 Å². The Morgan fingerprint density at radius 2 is 1.87 bits per heavy atom. The fourth-order valence-corrected chi connectivity index (χ4v) is 5.03. The quantitative estimate of drug-likeness (QED) is 0.298. The van der Waals surface area contributed by atoms with E-state index in [4.69, 9.17) is 10.1 Å². The molecule has 190 valence electrons. The Hall–Kier alpha value is -4.73. The third-order valence-corrected chi connectivity index (χ3v) is 7.09. The average Bonchev–Trinajstić information content (AvgIpc) is 3.34. The van der Waals surface area contributed by atoms with Crippen LogP contribution in [0.2, 0.25) is 0 Å². The number of hydrogen-bond donors (Lipinski definition) is 3. The number of benzene rings is 1. The smallest absolute Gasteiger partial charge is 0.269 e. The highest BCUT2D eigenvalue weighted by Gasteiger charge is 2.30. The molecule has 1 saturated heterocycles. The molecule has 7 rings (SSSR count). The summed E-state index contributed by atoms with van der Waals surface area (Å²) in [6.45, 7) is 0.835. The van der Waals surface area contributed by atoms with Crippen LogP contribution in [-0.4, -0.2) is 48.3 Å². The van der Waals surface area contributed by atoms with Crippen LogP contribution in [0.1, 0.15) is 47.9 Å². The molecule has 1 aromatic carbocycles. The molecule has 0 radical (unpaired) electrons. The summed E-state index contributed by atoms with van der Waals surface area (Å²) in [5.74, 6) is 1.60. The number of rotatable bonds is 7. The third-order valence-electron chi connectivity index (χ3n) is 7.09. The minimum atomic E-state index is -0.147. The van der Waals surface area contributed by atoms with Crippen molar-refractivity contribution in [2.45, 2.75) is 37.8 Å². The lowest BCUT2D eigenvalue weighted by atomic mass is 10.1. The molecule has 3 N–H and O–H groups in total. The van der Waals surface area contributed by atoms with Gasteiger partial charge < -0.3 is 15.5 Å². The van der Waals surface area contributed by atoms with E-state index >= 15 is 0 Å². The van der Waals surface area contributed by atoms with Gasteiger partial charge in [-0.15, -0.1) is 5.10 Å². The first-order valence-corrected chi connectivity index (χ1v) is 13.0. The zero-order valence-electron chi connectivity index (χ0n) is 20.7. The number of aromatic amines is 1. The Morgan fingerprint density at radius 1 is 1.00 bits per heavy atom. The number of carbonyl (C=O) groups is 1.